The number of nitrogens with zero attached hydrogens (tertiary/aromatic N) is 1. The third-order valence-electron chi connectivity index (χ3n) is 4.35. The number of aromatic hydroxyl groups is 1. The predicted molar refractivity (Wildman–Crippen MR) is 114 cm³/mol. The molecule has 2 aromatic rings. The molecule has 0 aliphatic carbocycles. The Morgan fingerprint density at radius 3 is 2.22 bits per heavy atom. The lowest BCUT2D eigenvalue weighted by molar-refractivity contribution is -0.121. The lowest BCUT2D eigenvalue weighted by Crippen LogP contribution is -2.20. The van der Waals surface area contributed by atoms with Crippen LogP contribution in [0.5, 0.6) is 5.75 Å². The molecule has 2 rings (SSSR count). The molecule has 0 aliphatic heterocycles. The molecule has 1 aromatic carbocycles. The van der Waals surface area contributed by atoms with Crippen molar-refractivity contribution in [3.05, 3.63) is 51.2 Å². The average Bonchev–Trinajstić information content (AvgIpc) is 3.05. The minimum atomic E-state index is -0.173. The zero-order chi connectivity index (χ0) is 20.2. The van der Waals surface area contributed by atoms with Crippen LogP contribution in [0.1, 0.15) is 69.5 Å². The highest BCUT2D eigenvalue weighted by Crippen LogP contribution is 2.39. The van der Waals surface area contributed by atoms with Crippen LogP contribution in [-0.4, -0.2) is 17.2 Å². The number of rotatable bonds is 5. The van der Waals surface area contributed by atoms with E-state index in [4.69, 9.17) is 0 Å². The molecule has 0 spiro atoms. The van der Waals surface area contributed by atoms with Gasteiger partial charge in [0.15, 0.2) is 0 Å². The molecule has 0 aliphatic rings. The molecule has 1 heterocycles. The number of carbonyl (C=O) groups is 1. The highest BCUT2D eigenvalue weighted by atomic mass is 32.1. The summed E-state index contributed by atoms with van der Waals surface area (Å²) in [5, 5.41) is 16.7. The standard InChI is InChI=1S/C22H30N2O2S/c1-21(2,3)17-12-15(13-18(20(17)26)22(4,5)6)9-10-19(25)24-23-14-16-8-7-11-27-16/h7-8,11-14,26H,9-10H2,1-6H3,(H,24,25). The fourth-order valence-corrected chi connectivity index (χ4v) is 3.41. The molecule has 1 aromatic heterocycles. The molecular formula is C22H30N2O2S. The van der Waals surface area contributed by atoms with E-state index in [0.29, 0.717) is 18.6 Å². The van der Waals surface area contributed by atoms with Gasteiger partial charge in [-0.1, -0.05) is 59.7 Å². The van der Waals surface area contributed by atoms with Crippen molar-refractivity contribution in [3.63, 3.8) is 0 Å². The van der Waals surface area contributed by atoms with Gasteiger partial charge in [0.05, 0.1) is 6.21 Å². The van der Waals surface area contributed by atoms with Gasteiger partial charge in [0.25, 0.3) is 0 Å². The van der Waals surface area contributed by atoms with E-state index >= 15 is 0 Å². The van der Waals surface area contributed by atoms with Crippen molar-refractivity contribution in [2.45, 2.75) is 65.2 Å². The van der Waals surface area contributed by atoms with E-state index in [1.165, 1.54) is 0 Å². The monoisotopic (exact) mass is 386 g/mol. The van der Waals surface area contributed by atoms with Crippen LogP contribution in [0.2, 0.25) is 0 Å². The minimum Gasteiger partial charge on any atom is -0.507 e. The predicted octanol–water partition coefficient (Wildman–Crippen LogP) is 5.13. The van der Waals surface area contributed by atoms with Crippen LogP contribution in [0, 0.1) is 0 Å². The van der Waals surface area contributed by atoms with Gasteiger partial charge in [-0.2, -0.15) is 5.10 Å². The average molecular weight is 387 g/mol. The second-order valence-corrected chi connectivity index (χ2v) is 9.83. The van der Waals surface area contributed by atoms with Gasteiger partial charge in [0, 0.05) is 11.3 Å². The van der Waals surface area contributed by atoms with Crippen molar-refractivity contribution in [2.24, 2.45) is 5.10 Å². The first-order valence-electron chi connectivity index (χ1n) is 9.21. The Labute approximate surface area is 166 Å². The van der Waals surface area contributed by atoms with Gasteiger partial charge >= 0.3 is 0 Å². The van der Waals surface area contributed by atoms with Crippen LogP contribution in [-0.2, 0) is 22.0 Å². The van der Waals surface area contributed by atoms with Crippen LogP contribution in [0.4, 0.5) is 0 Å². The van der Waals surface area contributed by atoms with E-state index in [9.17, 15) is 9.90 Å². The fraction of sp³-hybridized carbons (Fsp3) is 0.455. The van der Waals surface area contributed by atoms with Gasteiger partial charge in [-0.3, -0.25) is 4.79 Å². The van der Waals surface area contributed by atoms with Gasteiger partial charge < -0.3 is 5.11 Å². The van der Waals surface area contributed by atoms with Crippen molar-refractivity contribution >= 4 is 23.5 Å². The molecular weight excluding hydrogens is 356 g/mol. The van der Waals surface area contributed by atoms with Gasteiger partial charge in [-0.05, 0) is 45.4 Å². The van der Waals surface area contributed by atoms with Crippen LogP contribution >= 0.6 is 11.3 Å². The molecule has 0 unspecified atom stereocenters. The second-order valence-electron chi connectivity index (χ2n) is 8.85. The highest BCUT2D eigenvalue weighted by molar-refractivity contribution is 7.11. The molecule has 27 heavy (non-hydrogen) atoms. The first-order chi connectivity index (χ1) is 12.5. The minimum absolute atomic E-state index is 0.120. The normalized spacial score (nSPS) is 12.5. The number of hydrazone groups is 1. The topological polar surface area (TPSA) is 61.7 Å². The Balaban J connectivity index is 2.12. The number of thiophene rings is 1. The van der Waals surface area contributed by atoms with Crippen molar-refractivity contribution in [2.75, 3.05) is 0 Å². The molecule has 0 saturated heterocycles. The smallest absolute Gasteiger partial charge is 0.240 e. The van der Waals surface area contributed by atoms with E-state index in [2.05, 4.69) is 52.1 Å². The number of hydrogen-bond donors (Lipinski definition) is 2. The molecule has 0 fully saturated rings. The van der Waals surface area contributed by atoms with E-state index in [1.807, 2.05) is 29.6 Å². The van der Waals surface area contributed by atoms with Crippen molar-refractivity contribution in [3.8, 4) is 5.75 Å². The summed E-state index contributed by atoms with van der Waals surface area (Å²) < 4.78 is 0. The summed E-state index contributed by atoms with van der Waals surface area (Å²) in [6.45, 7) is 12.5. The number of phenols is 1. The van der Waals surface area contributed by atoms with Gasteiger partial charge in [0.2, 0.25) is 5.91 Å². The molecule has 0 atom stereocenters. The lowest BCUT2D eigenvalue weighted by Gasteiger charge is -2.28. The maximum absolute atomic E-state index is 12.1. The van der Waals surface area contributed by atoms with Crippen LogP contribution in [0.25, 0.3) is 0 Å². The third-order valence-corrected chi connectivity index (χ3v) is 5.16. The summed E-state index contributed by atoms with van der Waals surface area (Å²) in [5.41, 5.74) is 5.12. The molecule has 5 heteroatoms. The van der Waals surface area contributed by atoms with E-state index in [0.717, 1.165) is 21.6 Å². The van der Waals surface area contributed by atoms with Gasteiger partial charge in [-0.15, -0.1) is 11.3 Å². The number of amides is 1. The Kier molecular flexibility index (Phi) is 6.47. The lowest BCUT2D eigenvalue weighted by atomic mass is 9.78. The Morgan fingerprint density at radius 2 is 1.74 bits per heavy atom. The number of aryl methyl sites for hydroxylation is 1. The maximum atomic E-state index is 12.1. The quantitative estimate of drug-likeness (QED) is 0.553. The first kappa shape index (κ1) is 21.2. The Morgan fingerprint density at radius 1 is 1.15 bits per heavy atom. The van der Waals surface area contributed by atoms with Crippen molar-refractivity contribution in [1.29, 1.82) is 0 Å². The number of hydrogen-bond acceptors (Lipinski definition) is 4. The van der Waals surface area contributed by atoms with Gasteiger partial charge in [-0.25, -0.2) is 5.43 Å². The second kappa shape index (κ2) is 8.26. The fourth-order valence-electron chi connectivity index (χ4n) is 2.83. The summed E-state index contributed by atoms with van der Waals surface area (Å²) in [7, 11) is 0. The van der Waals surface area contributed by atoms with Crippen molar-refractivity contribution < 1.29 is 9.90 Å². The first-order valence-corrected chi connectivity index (χ1v) is 10.1. The van der Waals surface area contributed by atoms with E-state index in [1.54, 1.807) is 17.6 Å². The third kappa shape index (κ3) is 5.93. The summed E-state index contributed by atoms with van der Waals surface area (Å²) in [6, 6.07) is 7.93. The SMILES string of the molecule is CC(C)(C)c1cc(CCC(=O)NN=Cc2cccs2)cc(C(C)(C)C)c1O. The van der Waals surface area contributed by atoms with Crippen molar-refractivity contribution in [1.82, 2.24) is 5.43 Å². The number of phenolic OH excluding ortho intramolecular Hbond substituents is 1. The number of benzene rings is 1. The zero-order valence-electron chi connectivity index (χ0n) is 17.1. The molecule has 0 bridgehead atoms. The summed E-state index contributed by atoms with van der Waals surface area (Å²) in [6.07, 6.45) is 2.60. The van der Waals surface area contributed by atoms with E-state index < -0.39 is 0 Å². The Bertz CT molecular complexity index is 775. The van der Waals surface area contributed by atoms with Crippen LogP contribution in [0.3, 0.4) is 0 Å². The number of nitrogens with one attached hydrogen (secondary N) is 1. The summed E-state index contributed by atoms with van der Waals surface area (Å²) >= 11 is 1.57. The molecule has 0 saturated carbocycles. The molecule has 0 radical (unpaired) electrons. The Hall–Kier alpha value is -2.14. The maximum Gasteiger partial charge on any atom is 0.240 e. The largest absolute Gasteiger partial charge is 0.507 e. The molecule has 1 amide bonds. The zero-order valence-corrected chi connectivity index (χ0v) is 17.9. The molecule has 4 nitrogen and oxygen atoms in total. The highest BCUT2D eigenvalue weighted by Gasteiger charge is 2.26. The summed E-state index contributed by atoms with van der Waals surface area (Å²) in [4.78, 5) is 13.1. The molecule has 2 N–H and O–H groups in total. The van der Waals surface area contributed by atoms with E-state index in [-0.39, 0.29) is 16.7 Å². The van der Waals surface area contributed by atoms with Gasteiger partial charge in [0.1, 0.15) is 5.75 Å². The van der Waals surface area contributed by atoms with Crippen LogP contribution < -0.4 is 5.43 Å². The number of carbonyl (C=O) groups excluding carboxylic acids is 1. The van der Waals surface area contributed by atoms with Crippen LogP contribution in [0.15, 0.2) is 34.7 Å². The summed E-state index contributed by atoms with van der Waals surface area (Å²) in [5.74, 6) is 0.245. The molecule has 146 valence electrons.